The molecule has 6 rings (SSSR count). The molecule has 1 unspecified atom stereocenters. The van der Waals surface area contributed by atoms with Crippen LogP contribution in [-0.4, -0.2) is 35.5 Å². The largest absolute Gasteiger partial charge is 0.503 e. The highest BCUT2D eigenvalue weighted by Gasteiger charge is 2.45. The van der Waals surface area contributed by atoms with Crippen molar-refractivity contribution in [2.45, 2.75) is 19.6 Å². The van der Waals surface area contributed by atoms with E-state index in [1.165, 1.54) is 22.3 Å². The van der Waals surface area contributed by atoms with Gasteiger partial charge in [0.25, 0.3) is 5.91 Å². The maximum absolute atomic E-state index is 13.8. The summed E-state index contributed by atoms with van der Waals surface area (Å²) in [6.07, 6.45) is 3.03. The first-order chi connectivity index (χ1) is 22.0. The van der Waals surface area contributed by atoms with Gasteiger partial charge in [-0.25, -0.2) is 4.98 Å². The Morgan fingerprint density at radius 3 is 2.44 bits per heavy atom. The number of amides is 1. The van der Waals surface area contributed by atoms with E-state index in [1.807, 2.05) is 73.7 Å². The normalized spacial score (nSPS) is 14.8. The van der Waals surface area contributed by atoms with Crippen molar-refractivity contribution in [3.63, 3.8) is 0 Å². The molecule has 0 bridgehead atoms. The third-order valence-electron chi connectivity index (χ3n) is 7.31. The second-order valence-corrected chi connectivity index (χ2v) is 11.2. The van der Waals surface area contributed by atoms with Gasteiger partial charge in [-0.2, -0.15) is 0 Å². The molecule has 5 aromatic rings. The van der Waals surface area contributed by atoms with Crippen LogP contribution in [0.5, 0.6) is 17.2 Å². The average molecular weight is 619 g/mol. The SMILES string of the molecule is CCOc1cc(C2C(C(=O)C=Cc3ccccc3)=C(O)C(=O)N2c2nc3ccc(OC)cc3s2)ccc1OCc1ccccc1. The molecule has 0 spiro atoms. The zero-order valence-electron chi connectivity index (χ0n) is 24.7. The van der Waals surface area contributed by atoms with Gasteiger partial charge in [0.2, 0.25) is 0 Å². The third kappa shape index (κ3) is 6.16. The van der Waals surface area contributed by atoms with E-state index in [1.54, 1.807) is 43.5 Å². The van der Waals surface area contributed by atoms with Gasteiger partial charge in [0.15, 0.2) is 28.2 Å². The summed E-state index contributed by atoms with van der Waals surface area (Å²) >= 11 is 1.27. The number of thiazole rings is 1. The van der Waals surface area contributed by atoms with E-state index in [-0.39, 0.29) is 5.57 Å². The molecule has 0 saturated heterocycles. The Morgan fingerprint density at radius 1 is 0.956 bits per heavy atom. The minimum absolute atomic E-state index is 0.0515. The molecule has 1 aromatic heterocycles. The summed E-state index contributed by atoms with van der Waals surface area (Å²) in [6, 6.07) is 28.8. The van der Waals surface area contributed by atoms with Crippen molar-refractivity contribution >= 4 is 44.5 Å². The van der Waals surface area contributed by atoms with Crippen LogP contribution in [0, 0.1) is 0 Å². The zero-order valence-corrected chi connectivity index (χ0v) is 25.5. The van der Waals surface area contributed by atoms with Gasteiger partial charge in [0.1, 0.15) is 12.4 Å². The van der Waals surface area contributed by atoms with Crippen LogP contribution in [0.15, 0.2) is 114 Å². The van der Waals surface area contributed by atoms with Crippen molar-refractivity contribution in [1.29, 1.82) is 0 Å². The maximum Gasteiger partial charge on any atom is 0.296 e. The monoisotopic (exact) mass is 618 g/mol. The molecule has 4 aromatic carbocycles. The van der Waals surface area contributed by atoms with Crippen LogP contribution in [0.1, 0.15) is 29.7 Å². The Labute approximate surface area is 264 Å². The number of aliphatic hydroxyl groups excluding tert-OH is 1. The highest BCUT2D eigenvalue weighted by molar-refractivity contribution is 7.22. The second kappa shape index (κ2) is 13.1. The van der Waals surface area contributed by atoms with Crippen LogP contribution < -0.4 is 19.1 Å². The first-order valence-electron chi connectivity index (χ1n) is 14.4. The minimum Gasteiger partial charge on any atom is -0.503 e. The van der Waals surface area contributed by atoms with Crippen LogP contribution in [0.3, 0.4) is 0 Å². The highest BCUT2D eigenvalue weighted by Crippen LogP contribution is 2.45. The van der Waals surface area contributed by atoms with E-state index in [9.17, 15) is 14.7 Å². The summed E-state index contributed by atoms with van der Waals surface area (Å²) in [5.41, 5.74) is 2.96. The summed E-state index contributed by atoms with van der Waals surface area (Å²) in [5.74, 6) is -0.228. The highest BCUT2D eigenvalue weighted by atomic mass is 32.1. The number of rotatable bonds is 11. The van der Waals surface area contributed by atoms with Gasteiger partial charge in [-0.3, -0.25) is 14.5 Å². The number of anilines is 1. The number of aliphatic hydroxyl groups is 1. The lowest BCUT2D eigenvalue weighted by Crippen LogP contribution is -2.30. The Morgan fingerprint density at radius 2 is 1.71 bits per heavy atom. The lowest BCUT2D eigenvalue weighted by Gasteiger charge is -2.25. The number of hydrogen-bond donors (Lipinski definition) is 1. The summed E-state index contributed by atoms with van der Waals surface area (Å²) in [4.78, 5) is 33.6. The molecular formula is C36H30N2O6S. The van der Waals surface area contributed by atoms with Crippen molar-refractivity contribution in [2.75, 3.05) is 18.6 Å². The number of aromatic nitrogens is 1. The quantitative estimate of drug-likeness (QED) is 0.153. The van der Waals surface area contributed by atoms with Crippen LogP contribution in [-0.2, 0) is 16.2 Å². The number of carbonyl (C=O) groups is 2. The number of nitrogens with zero attached hydrogens (tertiary/aromatic N) is 2. The van der Waals surface area contributed by atoms with Gasteiger partial charge >= 0.3 is 0 Å². The fourth-order valence-corrected chi connectivity index (χ4v) is 6.16. The molecule has 1 aliphatic rings. The van der Waals surface area contributed by atoms with E-state index in [0.717, 1.165) is 15.8 Å². The number of ketones is 1. The molecule has 0 aliphatic carbocycles. The van der Waals surface area contributed by atoms with Gasteiger partial charge in [0, 0.05) is 0 Å². The van der Waals surface area contributed by atoms with Crippen LogP contribution in [0.25, 0.3) is 16.3 Å². The Bertz CT molecular complexity index is 1920. The third-order valence-corrected chi connectivity index (χ3v) is 8.33. The number of methoxy groups -OCH3 is 1. The minimum atomic E-state index is -0.977. The van der Waals surface area contributed by atoms with Crippen LogP contribution in [0.4, 0.5) is 5.13 Å². The molecule has 1 amide bonds. The van der Waals surface area contributed by atoms with E-state index in [4.69, 9.17) is 19.2 Å². The first kappa shape index (κ1) is 29.7. The van der Waals surface area contributed by atoms with Gasteiger partial charge < -0.3 is 19.3 Å². The van der Waals surface area contributed by atoms with Crippen molar-refractivity contribution in [2.24, 2.45) is 0 Å². The smallest absolute Gasteiger partial charge is 0.296 e. The number of carbonyl (C=O) groups excluding carboxylic acids is 2. The number of ether oxygens (including phenoxy) is 3. The van der Waals surface area contributed by atoms with Gasteiger partial charge in [-0.05, 0) is 60.0 Å². The van der Waals surface area contributed by atoms with E-state index >= 15 is 0 Å². The molecule has 0 saturated carbocycles. The van der Waals surface area contributed by atoms with Crippen LogP contribution in [0.2, 0.25) is 0 Å². The van der Waals surface area contributed by atoms with E-state index < -0.39 is 23.5 Å². The molecule has 0 fully saturated rings. The molecule has 45 heavy (non-hydrogen) atoms. The predicted molar refractivity (Wildman–Crippen MR) is 175 cm³/mol. The fraction of sp³-hybridized carbons (Fsp3) is 0.139. The van der Waals surface area contributed by atoms with Crippen LogP contribution >= 0.6 is 11.3 Å². The van der Waals surface area contributed by atoms with Crippen molar-refractivity contribution < 1.29 is 28.9 Å². The lowest BCUT2D eigenvalue weighted by atomic mass is 9.95. The Balaban J connectivity index is 1.42. The zero-order chi connectivity index (χ0) is 31.3. The fourth-order valence-electron chi connectivity index (χ4n) is 5.14. The summed E-state index contributed by atoms with van der Waals surface area (Å²) in [6.45, 7) is 2.56. The predicted octanol–water partition coefficient (Wildman–Crippen LogP) is 7.47. The summed E-state index contributed by atoms with van der Waals surface area (Å²) in [5, 5.41) is 11.5. The molecule has 1 N–H and O–H groups in total. The van der Waals surface area contributed by atoms with Gasteiger partial charge in [0.05, 0.1) is 35.5 Å². The molecule has 1 atom stereocenters. The van der Waals surface area contributed by atoms with Gasteiger partial charge in [-0.1, -0.05) is 84.1 Å². The van der Waals surface area contributed by atoms with Crippen molar-refractivity contribution in [3.05, 3.63) is 131 Å². The molecule has 226 valence electrons. The molecular weight excluding hydrogens is 588 g/mol. The average Bonchev–Trinajstić information content (AvgIpc) is 3.61. The standard InChI is InChI=1S/C36H30N2O6S/c1-3-43-30-20-25(15-19-29(30)44-22-24-12-8-5-9-13-24)33-32(28(39)18-14-23-10-6-4-7-11-23)34(40)35(41)38(33)36-37-27-17-16-26(42-2)21-31(27)45-36/h4-21,33,40H,3,22H2,1-2H3. The molecule has 9 heteroatoms. The topological polar surface area (TPSA) is 98.2 Å². The number of hydrogen-bond acceptors (Lipinski definition) is 8. The molecule has 8 nitrogen and oxygen atoms in total. The molecule has 1 aliphatic heterocycles. The van der Waals surface area contributed by atoms with Crippen molar-refractivity contribution in [3.8, 4) is 17.2 Å². The summed E-state index contributed by atoms with van der Waals surface area (Å²) < 4.78 is 18.2. The maximum atomic E-state index is 13.8. The Kier molecular flexibility index (Phi) is 8.61. The first-order valence-corrected chi connectivity index (χ1v) is 15.2. The van der Waals surface area contributed by atoms with E-state index in [2.05, 4.69) is 0 Å². The number of benzene rings is 4. The van der Waals surface area contributed by atoms with Gasteiger partial charge in [-0.15, -0.1) is 0 Å². The summed E-state index contributed by atoms with van der Waals surface area (Å²) in [7, 11) is 1.58. The number of fused-ring (bicyclic) bond motifs is 1. The molecule has 2 heterocycles. The van der Waals surface area contributed by atoms with Crippen molar-refractivity contribution in [1.82, 2.24) is 4.98 Å². The number of allylic oxidation sites excluding steroid dienone is 1. The lowest BCUT2D eigenvalue weighted by molar-refractivity contribution is -0.117. The second-order valence-electron chi connectivity index (χ2n) is 10.2. The Hall–Kier alpha value is -5.41. The van der Waals surface area contributed by atoms with E-state index in [0.29, 0.717) is 46.7 Å². The molecule has 0 radical (unpaired) electrons.